The minimum atomic E-state index is 1.12. The lowest BCUT2D eigenvalue weighted by Crippen LogP contribution is -2.10. The van der Waals surface area contributed by atoms with E-state index in [2.05, 4.69) is 155 Å². The van der Waals surface area contributed by atoms with E-state index < -0.39 is 0 Å². The first-order chi connectivity index (χ1) is 20.8. The Kier molecular flexibility index (Phi) is 6.02. The number of anilines is 3. The molecule has 8 rings (SSSR count). The molecule has 0 spiro atoms. The van der Waals surface area contributed by atoms with Gasteiger partial charge in [0.15, 0.2) is 0 Å². The topological polar surface area (TPSA) is 16.1 Å². The van der Waals surface area contributed by atoms with E-state index in [0.29, 0.717) is 0 Å². The quantitative estimate of drug-likeness (QED) is 0.210. The first-order valence-electron chi connectivity index (χ1n) is 14.1. The van der Waals surface area contributed by atoms with E-state index in [1.807, 2.05) is 23.7 Å². The van der Waals surface area contributed by atoms with Crippen LogP contribution in [0.2, 0.25) is 0 Å². The maximum absolute atomic E-state index is 4.38. The Morgan fingerprint density at radius 3 is 1.95 bits per heavy atom. The maximum atomic E-state index is 4.38. The molecular weight excluding hydrogens is 529 g/mol. The molecule has 0 fully saturated rings. The van der Waals surface area contributed by atoms with Crippen molar-refractivity contribution in [3.05, 3.63) is 158 Å². The van der Waals surface area contributed by atoms with Crippen LogP contribution in [0.3, 0.4) is 0 Å². The summed E-state index contributed by atoms with van der Waals surface area (Å²) in [6, 6.07) is 52.4. The third-order valence-corrected chi connectivity index (χ3v) is 9.07. The molecule has 3 heteroatoms. The van der Waals surface area contributed by atoms with Crippen molar-refractivity contribution < 1.29 is 0 Å². The lowest BCUT2D eigenvalue weighted by molar-refractivity contribution is 1.30. The van der Waals surface area contributed by atoms with Gasteiger partial charge in [0.2, 0.25) is 0 Å². The summed E-state index contributed by atoms with van der Waals surface area (Å²) in [5.74, 6) is 0. The van der Waals surface area contributed by atoms with Gasteiger partial charge in [-0.2, -0.15) is 0 Å². The van der Waals surface area contributed by atoms with E-state index in [9.17, 15) is 0 Å². The van der Waals surface area contributed by atoms with Gasteiger partial charge in [0.25, 0.3) is 0 Å². The highest BCUT2D eigenvalue weighted by Gasteiger charge is 2.17. The number of fused-ring (bicyclic) bond motifs is 4. The lowest BCUT2D eigenvalue weighted by atomic mass is 9.96. The number of nitrogens with zero attached hydrogens (tertiary/aromatic N) is 2. The molecule has 0 N–H and O–H groups in total. The van der Waals surface area contributed by atoms with Crippen LogP contribution in [0.25, 0.3) is 53.2 Å². The first kappa shape index (κ1) is 24.5. The second-order valence-corrected chi connectivity index (χ2v) is 11.6. The van der Waals surface area contributed by atoms with Gasteiger partial charge in [-0.3, -0.25) is 4.98 Å². The van der Waals surface area contributed by atoms with Crippen molar-refractivity contribution >= 4 is 59.3 Å². The van der Waals surface area contributed by atoms with E-state index in [1.54, 1.807) is 0 Å². The van der Waals surface area contributed by atoms with Gasteiger partial charge in [-0.25, -0.2) is 0 Å². The monoisotopic (exact) mass is 554 g/mol. The number of hydrogen-bond donors (Lipinski definition) is 0. The lowest BCUT2D eigenvalue weighted by Gasteiger charge is -2.27. The zero-order valence-electron chi connectivity index (χ0n) is 22.8. The highest BCUT2D eigenvalue weighted by molar-refractivity contribution is 7.25. The van der Waals surface area contributed by atoms with Crippen LogP contribution >= 0.6 is 11.3 Å². The van der Waals surface area contributed by atoms with Gasteiger partial charge in [-0.15, -0.1) is 11.3 Å². The molecular formula is C39H26N2S. The van der Waals surface area contributed by atoms with Crippen LogP contribution in [0.4, 0.5) is 17.1 Å². The molecule has 0 aliphatic rings. The molecule has 0 amide bonds. The fourth-order valence-corrected chi connectivity index (χ4v) is 7.02. The Bertz CT molecular complexity index is 2180. The summed E-state index contributed by atoms with van der Waals surface area (Å²) >= 11 is 1.82. The van der Waals surface area contributed by atoms with Crippen molar-refractivity contribution in [1.29, 1.82) is 0 Å². The molecule has 0 saturated heterocycles. The van der Waals surface area contributed by atoms with E-state index in [-0.39, 0.29) is 0 Å². The van der Waals surface area contributed by atoms with Crippen molar-refractivity contribution in [2.24, 2.45) is 0 Å². The van der Waals surface area contributed by atoms with E-state index in [0.717, 1.165) is 17.1 Å². The summed E-state index contributed by atoms with van der Waals surface area (Å²) in [6.45, 7) is 0. The Morgan fingerprint density at radius 1 is 0.452 bits per heavy atom. The van der Waals surface area contributed by atoms with Gasteiger partial charge in [0.1, 0.15) is 0 Å². The summed E-state index contributed by atoms with van der Waals surface area (Å²) in [5.41, 5.74) is 8.23. The molecule has 0 radical (unpaired) electrons. The normalized spacial score (nSPS) is 11.3. The number of aromatic nitrogens is 1. The number of pyridine rings is 1. The first-order valence-corrected chi connectivity index (χ1v) is 14.9. The van der Waals surface area contributed by atoms with Gasteiger partial charge < -0.3 is 4.90 Å². The molecule has 0 bridgehead atoms. The average molecular weight is 555 g/mol. The van der Waals surface area contributed by atoms with Crippen LogP contribution < -0.4 is 4.90 Å². The predicted molar refractivity (Wildman–Crippen MR) is 180 cm³/mol. The summed E-state index contributed by atoms with van der Waals surface area (Å²) in [5, 5.41) is 4.92. The standard InChI is InChI=1S/C39H26N2S/c1-3-9-27(10-4-1)28-15-17-31(18-16-28)41(32-19-20-35-37-26-40-22-21-38(37)42-39(35)25-32)33-23-30-13-7-8-14-34(30)36(24-33)29-11-5-2-6-12-29/h1-26H. The molecule has 2 nitrogen and oxygen atoms in total. The van der Waals surface area contributed by atoms with E-state index in [1.165, 1.54) is 53.2 Å². The largest absolute Gasteiger partial charge is 0.310 e. The van der Waals surface area contributed by atoms with E-state index in [4.69, 9.17) is 0 Å². The van der Waals surface area contributed by atoms with Gasteiger partial charge in [-0.05, 0) is 75.5 Å². The third-order valence-electron chi connectivity index (χ3n) is 7.94. The van der Waals surface area contributed by atoms with Gasteiger partial charge in [0, 0.05) is 49.6 Å². The Morgan fingerprint density at radius 2 is 1.14 bits per heavy atom. The summed E-state index contributed by atoms with van der Waals surface area (Å²) in [7, 11) is 0. The van der Waals surface area contributed by atoms with E-state index >= 15 is 0 Å². The van der Waals surface area contributed by atoms with Crippen LogP contribution in [0, 0.1) is 0 Å². The molecule has 0 aliphatic carbocycles. The minimum absolute atomic E-state index is 1.12. The molecule has 2 heterocycles. The molecule has 0 aliphatic heterocycles. The number of thiophene rings is 1. The molecule has 0 saturated carbocycles. The highest BCUT2D eigenvalue weighted by Crippen LogP contribution is 2.43. The molecule has 2 aromatic heterocycles. The molecule has 6 aromatic carbocycles. The summed E-state index contributed by atoms with van der Waals surface area (Å²) in [4.78, 5) is 6.77. The van der Waals surface area contributed by atoms with Crippen molar-refractivity contribution in [3.8, 4) is 22.3 Å². The fourth-order valence-electron chi connectivity index (χ4n) is 5.91. The molecule has 0 atom stereocenters. The van der Waals surface area contributed by atoms with Crippen molar-refractivity contribution in [2.45, 2.75) is 0 Å². The number of benzene rings is 6. The van der Waals surface area contributed by atoms with Gasteiger partial charge in [0.05, 0.1) is 0 Å². The zero-order chi connectivity index (χ0) is 27.9. The van der Waals surface area contributed by atoms with Crippen LogP contribution in [0.15, 0.2) is 158 Å². The van der Waals surface area contributed by atoms with Crippen molar-refractivity contribution in [3.63, 3.8) is 0 Å². The highest BCUT2D eigenvalue weighted by atomic mass is 32.1. The number of hydrogen-bond acceptors (Lipinski definition) is 3. The van der Waals surface area contributed by atoms with Crippen LogP contribution in [0.5, 0.6) is 0 Å². The Balaban J connectivity index is 1.35. The van der Waals surface area contributed by atoms with Gasteiger partial charge >= 0.3 is 0 Å². The third kappa shape index (κ3) is 4.32. The Labute approximate surface area is 248 Å². The molecule has 42 heavy (non-hydrogen) atoms. The number of rotatable bonds is 5. The van der Waals surface area contributed by atoms with Crippen LogP contribution in [-0.4, -0.2) is 4.98 Å². The van der Waals surface area contributed by atoms with Crippen LogP contribution in [-0.2, 0) is 0 Å². The van der Waals surface area contributed by atoms with Gasteiger partial charge in [-0.1, -0.05) is 103 Å². The Hall–Kier alpha value is -5.25. The zero-order valence-corrected chi connectivity index (χ0v) is 23.6. The maximum Gasteiger partial charge on any atom is 0.0476 e. The SMILES string of the molecule is c1ccc(-c2ccc(N(c3cc(-c4ccccc4)c4ccccc4c3)c3ccc4c(c3)sc3ccncc34)cc2)cc1. The molecule has 8 aromatic rings. The second kappa shape index (κ2) is 10.3. The summed E-state index contributed by atoms with van der Waals surface area (Å²) < 4.78 is 2.51. The minimum Gasteiger partial charge on any atom is -0.310 e. The molecule has 0 unspecified atom stereocenters. The van der Waals surface area contributed by atoms with Crippen molar-refractivity contribution in [2.75, 3.05) is 4.90 Å². The molecule has 198 valence electrons. The predicted octanol–water partition coefficient (Wildman–Crippen LogP) is 11.4. The average Bonchev–Trinajstić information content (AvgIpc) is 3.44. The van der Waals surface area contributed by atoms with Crippen LogP contribution in [0.1, 0.15) is 0 Å². The fraction of sp³-hybridized carbons (Fsp3) is 0. The summed E-state index contributed by atoms with van der Waals surface area (Å²) in [6.07, 6.45) is 3.85. The smallest absolute Gasteiger partial charge is 0.0476 e. The van der Waals surface area contributed by atoms with Crippen molar-refractivity contribution in [1.82, 2.24) is 4.98 Å². The second-order valence-electron chi connectivity index (χ2n) is 10.5.